The van der Waals surface area contributed by atoms with Gasteiger partial charge in [-0.1, -0.05) is 24.6 Å². The van der Waals surface area contributed by atoms with Crippen LogP contribution < -0.4 is 5.32 Å². The van der Waals surface area contributed by atoms with Gasteiger partial charge in [0.1, 0.15) is 5.82 Å². The van der Waals surface area contributed by atoms with E-state index in [1.54, 1.807) is 12.3 Å². The first kappa shape index (κ1) is 14.0. The lowest BCUT2D eigenvalue weighted by Crippen LogP contribution is -2.21. The van der Waals surface area contributed by atoms with Gasteiger partial charge < -0.3 is 5.32 Å². The molecule has 1 N–H and O–H groups in total. The lowest BCUT2D eigenvalue weighted by atomic mass is 9.98. The molecule has 2 aromatic rings. The molecule has 2 nitrogen and oxygen atoms in total. The van der Waals surface area contributed by atoms with Crippen molar-refractivity contribution < 1.29 is 4.39 Å². The van der Waals surface area contributed by atoms with Gasteiger partial charge in [0.25, 0.3) is 0 Å². The molecule has 0 aliphatic rings. The minimum absolute atomic E-state index is 0.209. The maximum absolute atomic E-state index is 13.4. The van der Waals surface area contributed by atoms with Gasteiger partial charge >= 0.3 is 0 Å². The molecule has 0 bridgehead atoms. The summed E-state index contributed by atoms with van der Waals surface area (Å²) in [6.45, 7) is 2.07. The number of nitrogens with zero attached hydrogens (tertiary/aromatic N) is 1. The summed E-state index contributed by atoms with van der Waals surface area (Å²) >= 11 is 6.18. The van der Waals surface area contributed by atoms with Crippen LogP contribution in [0.1, 0.15) is 29.8 Å². The van der Waals surface area contributed by atoms with E-state index in [1.165, 1.54) is 12.1 Å². The van der Waals surface area contributed by atoms with Crippen LogP contribution in [0, 0.1) is 5.82 Å². The van der Waals surface area contributed by atoms with Gasteiger partial charge in [0.2, 0.25) is 0 Å². The standard InChI is InChI=1S/C15H16ClFN2/c1-3-10-5-4-8-19-14(10)15(18-2)12-9-11(17)6-7-13(12)16/h4-9,15,18H,3H2,1-2H3. The van der Waals surface area contributed by atoms with Crippen LogP contribution in [0.3, 0.4) is 0 Å². The lowest BCUT2D eigenvalue weighted by Gasteiger charge is -2.20. The first-order chi connectivity index (χ1) is 9.17. The first-order valence-corrected chi connectivity index (χ1v) is 6.61. The molecule has 1 unspecified atom stereocenters. The molecule has 100 valence electrons. The summed E-state index contributed by atoms with van der Waals surface area (Å²) in [5.41, 5.74) is 2.72. The van der Waals surface area contributed by atoms with Gasteiger partial charge in [-0.05, 0) is 48.9 Å². The van der Waals surface area contributed by atoms with Crippen molar-refractivity contribution in [2.45, 2.75) is 19.4 Å². The van der Waals surface area contributed by atoms with Crippen molar-refractivity contribution in [2.75, 3.05) is 7.05 Å². The molecule has 0 saturated carbocycles. The Morgan fingerprint density at radius 2 is 2.16 bits per heavy atom. The summed E-state index contributed by atoms with van der Waals surface area (Å²) in [5.74, 6) is -0.298. The number of halogens is 2. The van der Waals surface area contributed by atoms with Gasteiger partial charge in [0, 0.05) is 11.2 Å². The van der Waals surface area contributed by atoms with E-state index in [-0.39, 0.29) is 11.9 Å². The van der Waals surface area contributed by atoms with Gasteiger partial charge in [-0.3, -0.25) is 4.98 Å². The Hall–Kier alpha value is -1.45. The predicted octanol–water partition coefficient (Wildman–Crippen LogP) is 3.75. The Labute approximate surface area is 117 Å². The van der Waals surface area contributed by atoms with Crippen molar-refractivity contribution in [3.05, 3.63) is 64.2 Å². The second kappa shape index (κ2) is 6.13. The summed E-state index contributed by atoms with van der Waals surface area (Å²) in [6, 6.07) is 8.11. The first-order valence-electron chi connectivity index (χ1n) is 6.23. The number of aromatic nitrogens is 1. The normalized spacial score (nSPS) is 12.4. The van der Waals surface area contributed by atoms with Gasteiger partial charge in [-0.25, -0.2) is 4.39 Å². The average Bonchev–Trinajstić information content (AvgIpc) is 2.44. The number of hydrogen-bond donors (Lipinski definition) is 1. The Morgan fingerprint density at radius 3 is 2.84 bits per heavy atom. The molecule has 1 heterocycles. The van der Waals surface area contributed by atoms with Gasteiger partial charge in [-0.2, -0.15) is 0 Å². The second-order valence-electron chi connectivity index (χ2n) is 4.29. The zero-order chi connectivity index (χ0) is 13.8. The highest BCUT2D eigenvalue weighted by atomic mass is 35.5. The maximum atomic E-state index is 13.4. The molecule has 0 aliphatic carbocycles. The monoisotopic (exact) mass is 278 g/mol. The molecule has 0 radical (unpaired) electrons. The van der Waals surface area contributed by atoms with Crippen molar-refractivity contribution in [1.82, 2.24) is 10.3 Å². The van der Waals surface area contributed by atoms with E-state index < -0.39 is 0 Å². The van der Waals surface area contributed by atoms with E-state index in [9.17, 15) is 4.39 Å². The summed E-state index contributed by atoms with van der Waals surface area (Å²) in [4.78, 5) is 4.42. The van der Waals surface area contributed by atoms with Crippen LogP contribution >= 0.6 is 11.6 Å². The maximum Gasteiger partial charge on any atom is 0.123 e. The van der Waals surface area contributed by atoms with E-state index in [2.05, 4.69) is 17.2 Å². The Balaban J connectivity index is 2.53. The van der Waals surface area contributed by atoms with Gasteiger partial charge in [0.05, 0.1) is 11.7 Å². The predicted molar refractivity (Wildman–Crippen MR) is 75.9 cm³/mol. The van der Waals surface area contributed by atoms with E-state index in [4.69, 9.17) is 11.6 Å². The number of hydrogen-bond acceptors (Lipinski definition) is 2. The molecule has 0 aliphatic heterocycles. The van der Waals surface area contributed by atoms with Crippen LogP contribution in [0.25, 0.3) is 0 Å². The van der Waals surface area contributed by atoms with Crippen LogP contribution in [0.15, 0.2) is 36.5 Å². The van der Waals surface area contributed by atoms with Crippen molar-refractivity contribution in [2.24, 2.45) is 0 Å². The molecule has 1 aromatic heterocycles. The number of nitrogens with one attached hydrogen (secondary N) is 1. The Kier molecular flexibility index (Phi) is 4.51. The Bertz CT molecular complexity index is 572. The van der Waals surface area contributed by atoms with Crippen LogP contribution in [0.2, 0.25) is 5.02 Å². The third-order valence-electron chi connectivity index (χ3n) is 3.14. The molecule has 0 saturated heterocycles. The molecular formula is C15H16ClFN2. The highest BCUT2D eigenvalue weighted by Crippen LogP contribution is 2.29. The van der Waals surface area contributed by atoms with Crippen LogP contribution in [0.5, 0.6) is 0 Å². The molecule has 1 aromatic carbocycles. The second-order valence-corrected chi connectivity index (χ2v) is 4.70. The molecule has 0 spiro atoms. The van der Waals surface area contributed by atoms with E-state index in [1.807, 2.05) is 19.2 Å². The molecule has 19 heavy (non-hydrogen) atoms. The number of pyridine rings is 1. The molecule has 1 atom stereocenters. The molecule has 0 amide bonds. The summed E-state index contributed by atoms with van der Waals surface area (Å²) in [5, 5.41) is 3.70. The number of benzene rings is 1. The Morgan fingerprint density at radius 1 is 1.37 bits per heavy atom. The topological polar surface area (TPSA) is 24.9 Å². The van der Waals surface area contributed by atoms with Crippen LogP contribution in [-0.2, 0) is 6.42 Å². The largest absolute Gasteiger partial charge is 0.308 e. The van der Waals surface area contributed by atoms with Crippen molar-refractivity contribution in [3.8, 4) is 0 Å². The minimum Gasteiger partial charge on any atom is -0.308 e. The number of aryl methyl sites for hydroxylation is 1. The van der Waals surface area contributed by atoms with Crippen molar-refractivity contribution in [1.29, 1.82) is 0 Å². The summed E-state index contributed by atoms with van der Waals surface area (Å²) < 4.78 is 13.4. The molecule has 2 rings (SSSR count). The van der Waals surface area contributed by atoms with E-state index >= 15 is 0 Å². The van der Waals surface area contributed by atoms with E-state index in [0.29, 0.717) is 10.6 Å². The van der Waals surface area contributed by atoms with Crippen LogP contribution in [-0.4, -0.2) is 12.0 Å². The zero-order valence-electron chi connectivity index (χ0n) is 11.0. The highest BCUT2D eigenvalue weighted by molar-refractivity contribution is 6.31. The van der Waals surface area contributed by atoms with Gasteiger partial charge in [0.15, 0.2) is 0 Å². The highest BCUT2D eigenvalue weighted by Gasteiger charge is 2.19. The average molecular weight is 279 g/mol. The zero-order valence-corrected chi connectivity index (χ0v) is 11.7. The fraction of sp³-hybridized carbons (Fsp3) is 0.267. The smallest absolute Gasteiger partial charge is 0.123 e. The van der Waals surface area contributed by atoms with Crippen molar-refractivity contribution >= 4 is 11.6 Å². The van der Waals surface area contributed by atoms with Gasteiger partial charge in [-0.15, -0.1) is 0 Å². The molecule has 0 fully saturated rings. The third-order valence-corrected chi connectivity index (χ3v) is 3.48. The minimum atomic E-state index is -0.298. The van der Waals surface area contributed by atoms with Crippen molar-refractivity contribution in [3.63, 3.8) is 0 Å². The summed E-state index contributed by atoms with van der Waals surface area (Å²) in [7, 11) is 1.82. The van der Waals surface area contributed by atoms with E-state index in [0.717, 1.165) is 17.7 Å². The fourth-order valence-corrected chi connectivity index (χ4v) is 2.41. The lowest BCUT2D eigenvalue weighted by molar-refractivity contribution is 0.612. The molecular weight excluding hydrogens is 263 g/mol. The SMILES string of the molecule is CCc1cccnc1C(NC)c1cc(F)ccc1Cl. The van der Waals surface area contributed by atoms with Crippen LogP contribution in [0.4, 0.5) is 4.39 Å². The summed E-state index contributed by atoms with van der Waals surface area (Å²) in [6.07, 6.45) is 2.61. The third kappa shape index (κ3) is 2.94. The quantitative estimate of drug-likeness (QED) is 0.921. The number of rotatable bonds is 4. The molecule has 4 heteroatoms. The fourth-order valence-electron chi connectivity index (χ4n) is 2.19.